The molecule has 0 unspecified atom stereocenters. The molecular weight excluding hydrogens is 511 g/mol. The molecule has 0 saturated carbocycles. The summed E-state index contributed by atoms with van der Waals surface area (Å²) in [5.74, 6) is -2.39. The number of amides is 1. The number of carboxylic acid groups (broad SMARTS) is 1. The van der Waals surface area contributed by atoms with Crippen molar-refractivity contribution in [3.8, 4) is 11.1 Å². The van der Waals surface area contributed by atoms with Crippen molar-refractivity contribution in [1.29, 1.82) is 0 Å². The topological polar surface area (TPSA) is 109 Å². The first-order chi connectivity index (χ1) is 17.5. The van der Waals surface area contributed by atoms with Crippen molar-refractivity contribution < 1.29 is 27.9 Å². The van der Waals surface area contributed by atoms with Crippen molar-refractivity contribution >= 4 is 35.1 Å². The van der Waals surface area contributed by atoms with E-state index in [0.717, 1.165) is 22.4 Å². The van der Waals surface area contributed by atoms with Crippen molar-refractivity contribution in [3.05, 3.63) is 95.5 Å². The Hall–Kier alpha value is -4.38. The van der Waals surface area contributed by atoms with Gasteiger partial charge >= 0.3 is 12.1 Å². The van der Waals surface area contributed by atoms with Gasteiger partial charge < -0.3 is 20.3 Å². The van der Waals surface area contributed by atoms with E-state index >= 15 is 0 Å². The minimum Gasteiger partial charge on any atom is -0.475 e. The van der Waals surface area contributed by atoms with Gasteiger partial charge in [-0.05, 0) is 35.9 Å². The van der Waals surface area contributed by atoms with Crippen LogP contribution in [0.5, 0.6) is 0 Å². The molecule has 0 saturated heterocycles. The molecule has 0 bridgehead atoms. The molecule has 4 aromatic rings. The van der Waals surface area contributed by atoms with Gasteiger partial charge in [0.15, 0.2) is 0 Å². The van der Waals surface area contributed by atoms with Crippen molar-refractivity contribution in [2.45, 2.75) is 12.7 Å². The molecule has 0 aliphatic rings. The number of benzene rings is 2. The van der Waals surface area contributed by atoms with E-state index in [2.05, 4.69) is 20.6 Å². The number of rotatable bonds is 6. The summed E-state index contributed by atoms with van der Waals surface area (Å²) in [6.45, 7) is 0.430. The third-order valence-electron chi connectivity index (χ3n) is 4.86. The summed E-state index contributed by atoms with van der Waals surface area (Å²) in [7, 11) is 1.84. The van der Waals surface area contributed by atoms with Gasteiger partial charge in [-0.1, -0.05) is 41.9 Å². The Morgan fingerprint density at radius 2 is 1.59 bits per heavy atom. The molecule has 0 spiro atoms. The minimum absolute atomic E-state index is 0.151. The minimum atomic E-state index is -5.08. The predicted octanol–water partition coefficient (Wildman–Crippen LogP) is 5.44. The Bertz CT molecular complexity index is 1340. The van der Waals surface area contributed by atoms with Crippen LogP contribution in [-0.4, -0.2) is 37.7 Å². The molecule has 2 aromatic carbocycles. The quantitative estimate of drug-likeness (QED) is 0.305. The summed E-state index contributed by atoms with van der Waals surface area (Å²) >= 11 is 5.90. The zero-order valence-electron chi connectivity index (χ0n) is 19.3. The average Bonchev–Trinajstić information content (AvgIpc) is 3.26. The highest BCUT2D eigenvalue weighted by Crippen LogP contribution is 2.22. The van der Waals surface area contributed by atoms with Crippen LogP contribution in [0.4, 0.5) is 24.8 Å². The van der Waals surface area contributed by atoms with Crippen LogP contribution in [0.25, 0.3) is 11.1 Å². The average molecular weight is 532 g/mol. The molecule has 37 heavy (non-hydrogen) atoms. The number of hydrogen-bond donors (Lipinski definition) is 3. The summed E-state index contributed by atoms with van der Waals surface area (Å²) in [6, 6.07) is 19.0. The lowest BCUT2D eigenvalue weighted by Crippen LogP contribution is -2.24. The number of para-hydroxylation sites is 1. The summed E-state index contributed by atoms with van der Waals surface area (Å²) in [6.07, 6.45) is 0.284. The molecule has 0 atom stereocenters. The third kappa shape index (κ3) is 8.07. The Balaban J connectivity index is 0.000000479. The van der Waals surface area contributed by atoms with E-state index in [9.17, 15) is 18.0 Å². The number of aliphatic carboxylic acids is 1. The number of alkyl halides is 3. The molecule has 8 nitrogen and oxygen atoms in total. The molecule has 0 aliphatic heterocycles. The fraction of sp³-hybridized carbons (Fsp3) is 0.120. The standard InChI is InChI=1S/C23H20ClN5O.C2HF3O2/c1-29-15-17(11-21(29)22(30)25-12-16-7-9-19(24)10-8-16)18-13-26-23(27-14-18)28-20-5-3-2-4-6-20;3-2(4,5)1(6)7/h2-11,13-15H,12H2,1H3,(H,25,30)(H,26,27,28);(H,6,7). The lowest BCUT2D eigenvalue weighted by atomic mass is 10.2. The largest absolute Gasteiger partial charge is 0.490 e. The van der Waals surface area contributed by atoms with Gasteiger partial charge in [-0.25, -0.2) is 14.8 Å². The summed E-state index contributed by atoms with van der Waals surface area (Å²) in [4.78, 5) is 30.3. The van der Waals surface area contributed by atoms with Gasteiger partial charge in [0.1, 0.15) is 5.69 Å². The van der Waals surface area contributed by atoms with Crippen LogP contribution in [0.3, 0.4) is 0 Å². The Morgan fingerprint density at radius 1 is 1.00 bits per heavy atom. The Labute approximate surface area is 214 Å². The SMILES string of the molecule is Cn1cc(-c2cnc(Nc3ccccc3)nc2)cc1C(=O)NCc1ccc(Cl)cc1.O=C(O)C(F)(F)F. The van der Waals surface area contributed by atoms with Crippen molar-refractivity contribution in [2.75, 3.05) is 5.32 Å². The number of carbonyl (C=O) groups excluding carboxylic acids is 1. The van der Waals surface area contributed by atoms with Crippen LogP contribution in [0.15, 0.2) is 79.3 Å². The van der Waals surface area contributed by atoms with Crippen LogP contribution in [0.1, 0.15) is 16.1 Å². The van der Waals surface area contributed by atoms with E-state index in [1.54, 1.807) is 29.1 Å². The molecule has 2 heterocycles. The fourth-order valence-corrected chi connectivity index (χ4v) is 3.14. The first-order valence-corrected chi connectivity index (χ1v) is 11.0. The maximum Gasteiger partial charge on any atom is 0.490 e. The number of aryl methyl sites for hydroxylation is 1. The van der Waals surface area contributed by atoms with Crippen LogP contribution in [-0.2, 0) is 18.4 Å². The third-order valence-corrected chi connectivity index (χ3v) is 5.11. The molecule has 0 radical (unpaired) electrons. The molecule has 192 valence electrons. The number of nitrogens with zero attached hydrogens (tertiary/aromatic N) is 3. The first-order valence-electron chi connectivity index (χ1n) is 10.7. The van der Waals surface area contributed by atoms with Gasteiger partial charge in [-0.3, -0.25) is 4.79 Å². The van der Waals surface area contributed by atoms with E-state index in [0.29, 0.717) is 23.2 Å². The van der Waals surface area contributed by atoms with Crippen LogP contribution in [0.2, 0.25) is 5.02 Å². The zero-order chi connectivity index (χ0) is 27.0. The van der Waals surface area contributed by atoms with Gasteiger partial charge in [0.2, 0.25) is 5.95 Å². The highest BCUT2D eigenvalue weighted by atomic mass is 35.5. The second kappa shape index (κ2) is 12.0. The number of halogens is 4. The van der Waals surface area contributed by atoms with Crippen molar-refractivity contribution in [3.63, 3.8) is 0 Å². The van der Waals surface area contributed by atoms with Gasteiger partial charge in [-0.15, -0.1) is 0 Å². The predicted molar refractivity (Wildman–Crippen MR) is 132 cm³/mol. The Morgan fingerprint density at radius 3 is 2.16 bits per heavy atom. The highest BCUT2D eigenvalue weighted by Gasteiger charge is 2.38. The van der Waals surface area contributed by atoms with Crippen molar-refractivity contribution in [2.24, 2.45) is 7.05 Å². The van der Waals surface area contributed by atoms with Crippen molar-refractivity contribution in [1.82, 2.24) is 19.9 Å². The smallest absolute Gasteiger partial charge is 0.475 e. The molecule has 3 N–H and O–H groups in total. The van der Waals surface area contributed by atoms with Gasteiger partial charge in [-0.2, -0.15) is 13.2 Å². The van der Waals surface area contributed by atoms with E-state index in [1.807, 2.05) is 61.8 Å². The van der Waals surface area contributed by atoms with E-state index < -0.39 is 12.1 Å². The van der Waals surface area contributed by atoms with E-state index in [-0.39, 0.29) is 5.91 Å². The summed E-state index contributed by atoms with van der Waals surface area (Å²) in [5.41, 5.74) is 4.17. The second-order valence-corrected chi connectivity index (χ2v) is 8.06. The molecular formula is C25H21ClF3N5O3. The molecule has 2 aromatic heterocycles. The molecule has 1 amide bonds. The summed E-state index contributed by atoms with van der Waals surface area (Å²) in [5, 5.41) is 13.9. The number of carbonyl (C=O) groups is 2. The lowest BCUT2D eigenvalue weighted by Gasteiger charge is -2.06. The van der Waals surface area contributed by atoms with Gasteiger partial charge in [0.05, 0.1) is 0 Å². The van der Waals surface area contributed by atoms with Crippen LogP contribution >= 0.6 is 11.6 Å². The zero-order valence-corrected chi connectivity index (χ0v) is 20.1. The second-order valence-electron chi connectivity index (χ2n) is 7.62. The Kier molecular flexibility index (Phi) is 8.86. The number of carboxylic acids is 1. The van der Waals surface area contributed by atoms with Gasteiger partial charge in [0, 0.05) is 54.0 Å². The maximum atomic E-state index is 12.6. The number of hydrogen-bond acceptors (Lipinski definition) is 5. The van der Waals surface area contributed by atoms with E-state index in [4.69, 9.17) is 21.5 Å². The molecule has 0 fully saturated rings. The summed E-state index contributed by atoms with van der Waals surface area (Å²) < 4.78 is 33.5. The number of aromatic nitrogens is 3. The fourth-order valence-electron chi connectivity index (χ4n) is 3.02. The van der Waals surface area contributed by atoms with Crippen LogP contribution < -0.4 is 10.6 Å². The lowest BCUT2D eigenvalue weighted by molar-refractivity contribution is -0.192. The number of anilines is 2. The molecule has 4 rings (SSSR count). The van der Waals surface area contributed by atoms with Gasteiger partial charge in [0.25, 0.3) is 5.91 Å². The number of nitrogens with one attached hydrogen (secondary N) is 2. The maximum absolute atomic E-state index is 12.6. The van der Waals surface area contributed by atoms with E-state index in [1.165, 1.54) is 0 Å². The normalized spacial score (nSPS) is 10.7. The molecule has 0 aliphatic carbocycles. The first kappa shape index (κ1) is 27.2. The monoisotopic (exact) mass is 531 g/mol. The molecule has 12 heteroatoms. The van der Waals surface area contributed by atoms with Crippen LogP contribution in [0, 0.1) is 0 Å². The highest BCUT2D eigenvalue weighted by molar-refractivity contribution is 6.30.